The molecule has 0 spiro atoms. The number of pyridine rings is 1. The van der Waals surface area contributed by atoms with Gasteiger partial charge in [-0.15, -0.1) is 0 Å². The second kappa shape index (κ2) is 12.2. The van der Waals surface area contributed by atoms with Crippen LogP contribution in [0, 0.1) is 0 Å². The molecule has 2 aromatic carbocycles. The number of anilines is 1. The average Bonchev–Trinajstić information content (AvgIpc) is 2.98. The molecule has 0 saturated carbocycles. The van der Waals surface area contributed by atoms with Gasteiger partial charge in [0.05, 0.1) is 21.8 Å². The van der Waals surface area contributed by atoms with Crippen molar-refractivity contribution in [3.63, 3.8) is 0 Å². The van der Waals surface area contributed by atoms with Crippen molar-refractivity contribution in [2.75, 3.05) is 18.0 Å². The van der Waals surface area contributed by atoms with Crippen LogP contribution < -0.4 is 10.6 Å². The molecule has 1 amide bonds. The summed E-state index contributed by atoms with van der Waals surface area (Å²) in [6.07, 6.45) is 5.39. The molecule has 2 atom stereocenters. The van der Waals surface area contributed by atoms with Gasteiger partial charge < -0.3 is 14.5 Å². The molecule has 46 heavy (non-hydrogen) atoms. The predicted octanol–water partition coefficient (Wildman–Crippen LogP) is 7.71. The van der Waals surface area contributed by atoms with Gasteiger partial charge in [0.2, 0.25) is 0 Å². The number of hydrogen-bond donors (Lipinski definition) is 0. The molecule has 1 fully saturated rings. The molecule has 4 heterocycles. The number of amides is 1. The number of carbonyl (C=O) groups is 1. The number of rotatable bonds is 2. The molecule has 0 radical (unpaired) electrons. The molecule has 6 rings (SSSR count). The quantitative estimate of drug-likeness (QED) is 0.209. The molecule has 2 bridgehead atoms. The Morgan fingerprint density at radius 3 is 2.37 bits per heavy atom. The molecule has 1 saturated heterocycles. The first-order valence-corrected chi connectivity index (χ1v) is 16.5. The van der Waals surface area contributed by atoms with Crippen LogP contribution in [0.4, 0.5) is 10.6 Å². The summed E-state index contributed by atoms with van der Waals surface area (Å²) in [6, 6.07) is 15.9. The average molecular weight is 640 g/mol. The number of ether oxygens (including phenoxy) is 1. The van der Waals surface area contributed by atoms with Crippen molar-refractivity contribution in [1.82, 2.24) is 19.4 Å². The first-order chi connectivity index (χ1) is 21.8. The van der Waals surface area contributed by atoms with Crippen LogP contribution in [0.15, 0.2) is 65.5 Å². The van der Waals surface area contributed by atoms with Gasteiger partial charge in [0, 0.05) is 30.7 Å². The van der Waals surface area contributed by atoms with Crippen molar-refractivity contribution in [2.45, 2.75) is 84.9 Å². The maximum atomic E-state index is 14.4. The Kier molecular flexibility index (Phi) is 8.44. The molecule has 9 heteroatoms. The predicted molar refractivity (Wildman–Crippen MR) is 185 cm³/mol. The highest BCUT2D eigenvalue weighted by Gasteiger charge is 2.36. The fourth-order valence-corrected chi connectivity index (χ4v) is 6.83. The molecule has 0 unspecified atom stereocenters. The number of nitrogens with zero attached hydrogens (tertiary/aromatic N) is 5. The largest absolute Gasteiger partial charge is 0.444 e. The van der Waals surface area contributed by atoms with Crippen LogP contribution in [0.3, 0.4) is 0 Å². The Balaban J connectivity index is 1.60. The van der Waals surface area contributed by atoms with Gasteiger partial charge in [-0.3, -0.25) is 0 Å². The van der Waals surface area contributed by atoms with E-state index in [1.807, 2.05) is 58.9 Å². The van der Waals surface area contributed by atoms with E-state index in [4.69, 9.17) is 26.3 Å². The van der Waals surface area contributed by atoms with Gasteiger partial charge in [-0.05, 0) is 76.1 Å². The fourth-order valence-electron chi connectivity index (χ4n) is 6.58. The van der Waals surface area contributed by atoms with Crippen LogP contribution in [0.1, 0.15) is 71.1 Å². The van der Waals surface area contributed by atoms with Gasteiger partial charge in [-0.25, -0.2) is 19.1 Å². The van der Waals surface area contributed by atoms with E-state index in [9.17, 15) is 9.59 Å². The number of fused-ring (bicyclic) bond motifs is 5. The third-order valence-corrected chi connectivity index (χ3v) is 9.09. The summed E-state index contributed by atoms with van der Waals surface area (Å²) in [6.45, 7) is 14.8. The van der Waals surface area contributed by atoms with Crippen molar-refractivity contribution < 1.29 is 9.53 Å². The highest BCUT2D eigenvalue weighted by molar-refractivity contribution is 6.34. The number of allylic oxidation sites excluding steroid dienone is 2. The van der Waals surface area contributed by atoms with Gasteiger partial charge in [0.15, 0.2) is 5.65 Å². The molecule has 2 aromatic heterocycles. The normalized spacial score (nSPS) is 18.3. The van der Waals surface area contributed by atoms with E-state index in [0.717, 1.165) is 34.4 Å². The zero-order valence-corrected chi connectivity index (χ0v) is 28.4. The maximum Gasteiger partial charge on any atom is 0.410 e. The summed E-state index contributed by atoms with van der Waals surface area (Å²) in [5.41, 5.74) is 5.08. The zero-order chi connectivity index (χ0) is 32.9. The van der Waals surface area contributed by atoms with E-state index in [0.29, 0.717) is 47.1 Å². The molecule has 2 aliphatic rings. The highest BCUT2D eigenvalue weighted by atomic mass is 35.5. The van der Waals surface area contributed by atoms with Gasteiger partial charge in [-0.1, -0.05) is 80.1 Å². The van der Waals surface area contributed by atoms with Crippen molar-refractivity contribution >= 4 is 34.5 Å². The minimum Gasteiger partial charge on any atom is -0.444 e. The first kappa shape index (κ1) is 31.8. The summed E-state index contributed by atoms with van der Waals surface area (Å²) in [4.78, 5) is 41.4. The van der Waals surface area contributed by atoms with Gasteiger partial charge in [-0.2, -0.15) is 4.98 Å². The van der Waals surface area contributed by atoms with E-state index in [1.165, 1.54) is 0 Å². The smallest absolute Gasteiger partial charge is 0.410 e. The van der Waals surface area contributed by atoms with Crippen LogP contribution in [-0.4, -0.2) is 56.3 Å². The molecule has 0 aliphatic carbocycles. The molecule has 2 aliphatic heterocycles. The Bertz CT molecular complexity index is 1910. The van der Waals surface area contributed by atoms with Crippen molar-refractivity contribution in [1.29, 1.82) is 0 Å². The molecular formula is C37H42ClN5O3. The fraction of sp³-hybridized carbons (Fsp3) is 0.405. The van der Waals surface area contributed by atoms with Crippen molar-refractivity contribution in [2.24, 2.45) is 0 Å². The van der Waals surface area contributed by atoms with Crippen LogP contribution >= 0.6 is 11.6 Å². The summed E-state index contributed by atoms with van der Waals surface area (Å²) in [5, 5.41) is 1.17. The third-order valence-electron chi connectivity index (χ3n) is 8.80. The van der Waals surface area contributed by atoms with Gasteiger partial charge >= 0.3 is 11.8 Å². The maximum absolute atomic E-state index is 14.4. The van der Waals surface area contributed by atoms with Crippen molar-refractivity contribution in [3.05, 3.63) is 92.9 Å². The number of hydrogen-bond acceptors (Lipinski definition) is 6. The van der Waals surface area contributed by atoms with E-state index in [1.54, 1.807) is 9.47 Å². The number of carbonyl (C=O) groups excluding carboxylic acids is 1. The van der Waals surface area contributed by atoms with E-state index >= 15 is 0 Å². The minimum absolute atomic E-state index is 0.150. The Labute approximate surface area is 275 Å². The lowest BCUT2D eigenvalue weighted by molar-refractivity contribution is 0.0130. The van der Waals surface area contributed by atoms with Gasteiger partial charge in [0.25, 0.3) is 0 Å². The topological polar surface area (TPSA) is 80.6 Å². The molecule has 8 nitrogen and oxygen atoms in total. The molecule has 0 N–H and O–H groups in total. The Hall–Kier alpha value is -4.17. The van der Waals surface area contributed by atoms with E-state index in [2.05, 4.69) is 55.2 Å². The van der Waals surface area contributed by atoms with Crippen LogP contribution in [0.2, 0.25) is 5.02 Å². The number of piperazine rings is 1. The molecule has 240 valence electrons. The number of para-hydroxylation sites is 1. The third kappa shape index (κ3) is 5.91. The van der Waals surface area contributed by atoms with Crippen LogP contribution in [0.25, 0.3) is 28.0 Å². The summed E-state index contributed by atoms with van der Waals surface area (Å²) in [7, 11) is 0. The van der Waals surface area contributed by atoms with E-state index < -0.39 is 11.3 Å². The molecule has 4 aromatic rings. The Morgan fingerprint density at radius 1 is 0.957 bits per heavy atom. The van der Waals surface area contributed by atoms with Crippen LogP contribution in [-0.2, 0) is 17.6 Å². The monoisotopic (exact) mass is 639 g/mol. The number of benzene rings is 2. The Morgan fingerprint density at radius 2 is 1.65 bits per heavy atom. The lowest BCUT2D eigenvalue weighted by Crippen LogP contribution is -2.59. The minimum atomic E-state index is -0.598. The SMILES string of the molecule is CC(C)c1cccc2c1-n1c(=O)nc(N3C[C@@H](C)N(C(=O)OC(C)(C)C)C[C@@H]3C)c3cc(Cl)c(nc31)-c1ccccc1CC=CC2. The molecular weight excluding hydrogens is 598 g/mol. The summed E-state index contributed by atoms with van der Waals surface area (Å²) >= 11 is 7.09. The lowest BCUT2D eigenvalue weighted by atomic mass is 9.95. The van der Waals surface area contributed by atoms with E-state index in [-0.39, 0.29) is 24.1 Å². The lowest BCUT2D eigenvalue weighted by Gasteiger charge is -2.44. The zero-order valence-electron chi connectivity index (χ0n) is 27.7. The highest BCUT2D eigenvalue weighted by Crippen LogP contribution is 2.38. The standard InChI is InChI=1S/C37H42ClN5O3/c1-22(2)27-18-12-16-26-15-9-8-13-25-14-10-11-17-28(25)31-30(38)19-29-33(40-35(44)43(32(26)27)34(29)39-31)41-20-24(4)42(21-23(41)3)36(45)46-37(5,6)7/h8-12,14,16-19,22-24H,13,15,20-21H2,1-7H3/t23-,24+/m0/s1. The summed E-state index contributed by atoms with van der Waals surface area (Å²) in [5.74, 6) is 0.673. The van der Waals surface area contributed by atoms with Crippen LogP contribution in [0.5, 0.6) is 0 Å². The first-order valence-electron chi connectivity index (χ1n) is 16.1. The van der Waals surface area contributed by atoms with Gasteiger partial charge in [0.1, 0.15) is 11.4 Å². The second-order valence-electron chi connectivity index (χ2n) is 13.8. The summed E-state index contributed by atoms with van der Waals surface area (Å²) < 4.78 is 7.39. The number of aromatic nitrogens is 3. The number of halogens is 1. The second-order valence-corrected chi connectivity index (χ2v) is 14.2. The van der Waals surface area contributed by atoms with Crippen molar-refractivity contribution in [3.8, 4) is 16.9 Å².